The second kappa shape index (κ2) is 8.42. The minimum Gasteiger partial charge on any atom is -0.444 e. The van der Waals surface area contributed by atoms with Crippen LogP contribution in [0.15, 0.2) is 34.9 Å². The second-order valence-corrected chi connectivity index (χ2v) is 9.05. The van der Waals surface area contributed by atoms with Gasteiger partial charge in [-0.2, -0.15) is 0 Å². The molecule has 1 aliphatic carbocycles. The van der Waals surface area contributed by atoms with Crippen LogP contribution in [0.5, 0.6) is 0 Å². The molecule has 0 spiro atoms. The molecule has 0 unspecified atom stereocenters. The van der Waals surface area contributed by atoms with E-state index in [-0.39, 0.29) is 5.92 Å². The summed E-state index contributed by atoms with van der Waals surface area (Å²) in [6.45, 7) is 7.58. The third-order valence-corrected chi connectivity index (χ3v) is 7.16. The number of aromatic nitrogens is 1. The first-order valence-corrected chi connectivity index (χ1v) is 11.5. The number of aryl methyl sites for hydroxylation is 1. The average Bonchev–Trinajstić information content (AvgIpc) is 3.19. The predicted octanol–water partition coefficient (Wildman–Crippen LogP) is 3.56. The summed E-state index contributed by atoms with van der Waals surface area (Å²) < 4.78 is 5.49. The zero-order chi connectivity index (χ0) is 20.5. The van der Waals surface area contributed by atoms with E-state index in [1.807, 2.05) is 6.92 Å². The summed E-state index contributed by atoms with van der Waals surface area (Å²) in [6, 6.07) is 9.19. The largest absolute Gasteiger partial charge is 0.444 e. The van der Waals surface area contributed by atoms with Crippen LogP contribution in [0.2, 0.25) is 0 Å². The number of hydrogen-bond donors (Lipinski definition) is 0. The minimum atomic E-state index is 0.233. The van der Waals surface area contributed by atoms with Crippen LogP contribution in [0, 0.1) is 12.8 Å². The molecule has 1 saturated carbocycles. The van der Waals surface area contributed by atoms with E-state index in [1.54, 1.807) is 6.26 Å². The summed E-state index contributed by atoms with van der Waals surface area (Å²) in [6.07, 6.45) is 7.86. The van der Waals surface area contributed by atoms with Gasteiger partial charge in [0.05, 0.1) is 5.69 Å². The van der Waals surface area contributed by atoms with Crippen molar-refractivity contribution < 1.29 is 9.21 Å². The van der Waals surface area contributed by atoms with E-state index in [9.17, 15) is 4.79 Å². The second-order valence-electron chi connectivity index (χ2n) is 9.05. The third-order valence-electron chi connectivity index (χ3n) is 7.16. The molecule has 3 heterocycles. The Morgan fingerprint density at radius 2 is 1.67 bits per heavy atom. The highest BCUT2D eigenvalue weighted by molar-refractivity contribution is 5.79. The van der Waals surface area contributed by atoms with E-state index in [0.717, 1.165) is 69.4 Å². The molecule has 0 N–H and O–H groups in total. The van der Waals surface area contributed by atoms with Crippen molar-refractivity contribution in [2.24, 2.45) is 5.92 Å². The van der Waals surface area contributed by atoms with Crippen molar-refractivity contribution in [3.8, 4) is 11.5 Å². The first kappa shape index (κ1) is 19.6. The fourth-order valence-electron chi connectivity index (χ4n) is 5.01. The Hall–Kier alpha value is -2.34. The van der Waals surface area contributed by atoms with Gasteiger partial charge in [0, 0.05) is 49.4 Å². The van der Waals surface area contributed by atoms with Gasteiger partial charge in [0.1, 0.15) is 6.26 Å². The van der Waals surface area contributed by atoms with Gasteiger partial charge in [-0.15, -0.1) is 0 Å². The number of benzene rings is 1. The Morgan fingerprint density at radius 3 is 2.23 bits per heavy atom. The normalized spacial score (nSPS) is 21.6. The zero-order valence-corrected chi connectivity index (χ0v) is 17.9. The van der Waals surface area contributed by atoms with Crippen molar-refractivity contribution >= 4 is 11.6 Å². The van der Waals surface area contributed by atoms with Crippen LogP contribution in [-0.4, -0.2) is 66.0 Å². The number of nitrogens with zero attached hydrogens (tertiary/aromatic N) is 4. The Balaban J connectivity index is 1.12. The number of anilines is 1. The Morgan fingerprint density at radius 1 is 0.967 bits per heavy atom. The number of amides is 1. The quantitative estimate of drug-likeness (QED) is 0.774. The van der Waals surface area contributed by atoms with Gasteiger partial charge in [-0.1, -0.05) is 6.42 Å². The number of hydrogen-bond acceptors (Lipinski definition) is 5. The van der Waals surface area contributed by atoms with Crippen molar-refractivity contribution in [3.63, 3.8) is 0 Å². The SMILES string of the molecule is Cc1coc(-c2ccc(N3CCN(C(=O)C4CCN(C5CCC5)CC4)CC3)cc2)n1. The summed E-state index contributed by atoms with van der Waals surface area (Å²) in [5, 5.41) is 0. The molecular weight excluding hydrogens is 376 g/mol. The molecule has 6 nitrogen and oxygen atoms in total. The van der Waals surface area contributed by atoms with Gasteiger partial charge >= 0.3 is 0 Å². The van der Waals surface area contributed by atoms with E-state index in [2.05, 4.69) is 43.9 Å². The van der Waals surface area contributed by atoms with Gasteiger partial charge in [0.25, 0.3) is 0 Å². The maximum absolute atomic E-state index is 13.0. The van der Waals surface area contributed by atoms with E-state index >= 15 is 0 Å². The first-order valence-electron chi connectivity index (χ1n) is 11.5. The predicted molar refractivity (Wildman–Crippen MR) is 117 cm³/mol. The number of piperidine rings is 1. The van der Waals surface area contributed by atoms with Crippen molar-refractivity contribution in [2.45, 2.75) is 45.1 Å². The Bertz CT molecular complexity index is 858. The minimum absolute atomic E-state index is 0.233. The van der Waals surface area contributed by atoms with Crippen molar-refractivity contribution in [1.29, 1.82) is 0 Å². The number of likely N-dealkylation sites (tertiary alicyclic amines) is 1. The van der Waals surface area contributed by atoms with E-state index in [0.29, 0.717) is 11.8 Å². The number of carbonyl (C=O) groups excluding carboxylic acids is 1. The Labute approximate surface area is 178 Å². The van der Waals surface area contributed by atoms with Crippen LogP contribution < -0.4 is 4.90 Å². The molecule has 2 saturated heterocycles. The molecule has 5 rings (SSSR count). The molecule has 2 aromatic rings. The molecule has 3 aliphatic rings. The van der Waals surface area contributed by atoms with Crippen molar-refractivity contribution in [3.05, 3.63) is 36.2 Å². The molecule has 0 atom stereocenters. The molecule has 1 amide bonds. The molecule has 2 aliphatic heterocycles. The fraction of sp³-hybridized carbons (Fsp3) is 0.583. The van der Waals surface area contributed by atoms with Gasteiger partial charge in [-0.3, -0.25) is 4.79 Å². The molecule has 3 fully saturated rings. The molecule has 0 radical (unpaired) electrons. The van der Waals surface area contributed by atoms with Crippen LogP contribution in [0.4, 0.5) is 5.69 Å². The maximum atomic E-state index is 13.0. The number of piperazine rings is 1. The van der Waals surface area contributed by atoms with Crippen LogP contribution in [0.1, 0.15) is 37.8 Å². The van der Waals surface area contributed by atoms with Gasteiger partial charge in [-0.25, -0.2) is 4.98 Å². The molecule has 6 heteroatoms. The molecule has 0 bridgehead atoms. The fourth-order valence-corrected chi connectivity index (χ4v) is 5.01. The maximum Gasteiger partial charge on any atom is 0.226 e. The summed E-state index contributed by atoms with van der Waals surface area (Å²) in [7, 11) is 0. The summed E-state index contributed by atoms with van der Waals surface area (Å²) >= 11 is 0. The highest BCUT2D eigenvalue weighted by atomic mass is 16.3. The lowest BCUT2D eigenvalue weighted by Gasteiger charge is -2.43. The van der Waals surface area contributed by atoms with Crippen molar-refractivity contribution in [1.82, 2.24) is 14.8 Å². The topological polar surface area (TPSA) is 52.8 Å². The monoisotopic (exact) mass is 408 g/mol. The molecule has 160 valence electrons. The van der Waals surface area contributed by atoms with Crippen molar-refractivity contribution in [2.75, 3.05) is 44.2 Å². The smallest absolute Gasteiger partial charge is 0.226 e. The molecule has 30 heavy (non-hydrogen) atoms. The van der Waals surface area contributed by atoms with E-state index < -0.39 is 0 Å². The van der Waals surface area contributed by atoms with Crippen LogP contribution >= 0.6 is 0 Å². The van der Waals surface area contributed by atoms with E-state index in [4.69, 9.17) is 4.42 Å². The Kier molecular flexibility index (Phi) is 5.50. The van der Waals surface area contributed by atoms with Crippen LogP contribution in [-0.2, 0) is 4.79 Å². The molecule has 1 aromatic carbocycles. The summed E-state index contributed by atoms with van der Waals surface area (Å²) in [5.74, 6) is 1.28. The molecular formula is C24H32N4O2. The first-order chi connectivity index (χ1) is 14.7. The highest BCUT2D eigenvalue weighted by Gasteiger charge is 2.33. The number of rotatable bonds is 4. The summed E-state index contributed by atoms with van der Waals surface area (Å²) in [5.41, 5.74) is 3.08. The standard InChI is InChI=1S/C24H32N4O2/c1-18-17-30-23(25-18)19-5-7-22(8-6-19)27-13-15-28(16-14-27)24(29)20-9-11-26(12-10-20)21-3-2-4-21/h5-8,17,20-21H,2-4,9-16H2,1H3. The summed E-state index contributed by atoms with van der Waals surface area (Å²) in [4.78, 5) is 24.5. The highest BCUT2D eigenvalue weighted by Crippen LogP contribution is 2.30. The van der Waals surface area contributed by atoms with E-state index in [1.165, 1.54) is 24.9 Å². The number of oxazole rings is 1. The lowest BCUT2D eigenvalue weighted by atomic mass is 9.87. The number of carbonyl (C=O) groups is 1. The average molecular weight is 409 g/mol. The van der Waals surface area contributed by atoms with Crippen LogP contribution in [0.3, 0.4) is 0 Å². The van der Waals surface area contributed by atoms with Gasteiger partial charge in [-0.05, 0) is 70.0 Å². The lowest BCUT2D eigenvalue weighted by molar-refractivity contribution is -0.137. The molecule has 1 aromatic heterocycles. The van der Waals surface area contributed by atoms with Gasteiger partial charge < -0.3 is 19.1 Å². The zero-order valence-electron chi connectivity index (χ0n) is 17.9. The van der Waals surface area contributed by atoms with Gasteiger partial charge in [0.2, 0.25) is 11.8 Å². The lowest BCUT2D eigenvalue weighted by Crippen LogP contribution is -2.52. The van der Waals surface area contributed by atoms with Gasteiger partial charge in [0.15, 0.2) is 0 Å². The van der Waals surface area contributed by atoms with Crippen LogP contribution in [0.25, 0.3) is 11.5 Å². The third kappa shape index (κ3) is 3.97.